The number of halogens is 1. The maximum atomic E-state index is 11.7. The zero-order chi connectivity index (χ0) is 20.5. The quantitative estimate of drug-likeness (QED) is 0.187. The number of hydrogen-bond donors (Lipinski definition) is 3. The van der Waals surface area contributed by atoms with Gasteiger partial charge in [-0.15, -0.1) is 24.0 Å². The molecule has 1 aromatic rings. The van der Waals surface area contributed by atoms with Crippen LogP contribution in [0, 0.1) is 5.92 Å². The van der Waals surface area contributed by atoms with E-state index in [9.17, 15) is 4.79 Å². The molecule has 168 valence electrons. The third-order valence-electron chi connectivity index (χ3n) is 5.25. The lowest BCUT2D eigenvalue weighted by atomic mass is 10.2. The zero-order valence-corrected chi connectivity index (χ0v) is 20.4. The normalized spacial score (nSPS) is 16.5. The van der Waals surface area contributed by atoms with Gasteiger partial charge in [0.2, 0.25) is 5.91 Å². The van der Waals surface area contributed by atoms with Gasteiger partial charge in [0, 0.05) is 25.6 Å². The number of hydrogen-bond acceptors (Lipinski definition) is 4. The first-order valence-corrected chi connectivity index (χ1v) is 10.8. The average molecular weight is 530 g/mol. The van der Waals surface area contributed by atoms with Gasteiger partial charge in [0.05, 0.1) is 19.8 Å². The molecule has 2 aliphatic carbocycles. The van der Waals surface area contributed by atoms with Crippen molar-refractivity contribution in [3.05, 3.63) is 23.8 Å². The Hall–Kier alpha value is -1.71. The summed E-state index contributed by atoms with van der Waals surface area (Å²) in [5, 5.41) is 9.45. The van der Waals surface area contributed by atoms with Crippen LogP contribution in [0.1, 0.15) is 51.0 Å². The van der Waals surface area contributed by atoms with Crippen molar-refractivity contribution in [3.63, 3.8) is 0 Å². The lowest BCUT2D eigenvalue weighted by Crippen LogP contribution is -2.41. The van der Waals surface area contributed by atoms with Gasteiger partial charge in [0.25, 0.3) is 0 Å². The molecular formula is C22H35IN4O3. The first kappa shape index (κ1) is 24.6. The third-order valence-corrected chi connectivity index (χ3v) is 5.25. The minimum atomic E-state index is 0. The summed E-state index contributed by atoms with van der Waals surface area (Å²) in [6.45, 7) is 4.58. The second kappa shape index (κ2) is 12.9. The molecule has 0 spiro atoms. The van der Waals surface area contributed by atoms with Crippen LogP contribution in [0.4, 0.5) is 0 Å². The van der Waals surface area contributed by atoms with E-state index in [1.54, 1.807) is 7.11 Å². The van der Waals surface area contributed by atoms with Crippen LogP contribution in [0.15, 0.2) is 23.2 Å². The maximum absolute atomic E-state index is 11.7. The summed E-state index contributed by atoms with van der Waals surface area (Å²) in [5.74, 6) is 2.71. The van der Waals surface area contributed by atoms with E-state index >= 15 is 0 Å². The van der Waals surface area contributed by atoms with E-state index in [1.165, 1.54) is 12.8 Å². The molecule has 0 saturated heterocycles. The van der Waals surface area contributed by atoms with Crippen molar-refractivity contribution in [1.82, 2.24) is 16.0 Å². The van der Waals surface area contributed by atoms with Gasteiger partial charge >= 0.3 is 0 Å². The lowest BCUT2D eigenvalue weighted by molar-refractivity contribution is -0.122. The lowest BCUT2D eigenvalue weighted by Gasteiger charge is -2.16. The molecule has 0 atom stereocenters. The minimum absolute atomic E-state index is 0. The fourth-order valence-corrected chi connectivity index (χ4v) is 3.46. The van der Waals surface area contributed by atoms with E-state index in [2.05, 4.69) is 20.9 Å². The molecule has 0 heterocycles. The molecule has 3 N–H and O–H groups in total. The minimum Gasteiger partial charge on any atom is -0.493 e. The van der Waals surface area contributed by atoms with Gasteiger partial charge in [-0.2, -0.15) is 0 Å². The first-order valence-electron chi connectivity index (χ1n) is 10.8. The van der Waals surface area contributed by atoms with E-state index in [4.69, 9.17) is 9.47 Å². The van der Waals surface area contributed by atoms with Crippen LogP contribution in [-0.4, -0.2) is 44.7 Å². The predicted octanol–water partition coefficient (Wildman–Crippen LogP) is 3.22. The van der Waals surface area contributed by atoms with Crippen molar-refractivity contribution in [3.8, 4) is 11.5 Å². The Kier molecular flexibility index (Phi) is 10.5. The van der Waals surface area contributed by atoms with E-state index < -0.39 is 0 Å². The number of carbonyl (C=O) groups excluding carboxylic acids is 1. The van der Waals surface area contributed by atoms with Crippen molar-refractivity contribution in [2.24, 2.45) is 10.9 Å². The summed E-state index contributed by atoms with van der Waals surface area (Å²) in [4.78, 5) is 16.3. The molecule has 1 amide bonds. The number of benzene rings is 1. The summed E-state index contributed by atoms with van der Waals surface area (Å²) in [6, 6.07) is 6.01. The van der Waals surface area contributed by atoms with Crippen LogP contribution in [0.25, 0.3) is 0 Å². The molecular weight excluding hydrogens is 495 g/mol. The zero-order valence-electron chi connectivity index (χ0n) is 18.0. The third kappa shape index (κ3) is 7.85. The van der Waals surface area contributed by atoms with E-state index in [0.29, 0.717) is 25.7 Å². The number of guanidine groups is 1. The van der Waals surface area contributed by atoms with Crippen molar-refractivity contribution < 1.29 is 14.3 Å². The topological polar surface area (TPSA) is 84.0 Å². The highest BCUT2D eigenvalue weighted by Gasteiger charge is 2.28. The molecule has 30 heavy (non-hydrogen) atoms. The van der Waals surface area contributed by atoms with Gasteiger partial charge in [-0.25, -0.2) is 4.99 Å². The van der Waals surface area contributed by atoms with Gasteiger partial charge in [-0.05, 0) is 63.1 Å². The van der Waals surface area contributed by atoms with Crippen LogP contribution in [0.2, 0.25) is 0 Å². The van der Waals surface area contributed by atoms with Gasteiger partial charge in [0.15, 0.2) is 17.5 Å². The first-order chi connectivity index (χ1) is 14.2. The Balaban J connectivity index is 0.00000320. The molecule has 2 aliphatic rings. The highest BCUT2D eigenvalue weighted by molar-refractivity contribution is 14.0. The summed E-state index contributed by atoms with van der Waals surface area (Å²) in [5.41, 5.74) is 1.06. The molecule has 2 fully saturated rings. The molecule has 0 radical (unpaired) electrons. The monoisotopic (exact) mass is 530 g/mol. The van der Waals surface area contributed by atoms with Crippen molar-refractivity contribution in [2.45, 2.75) is 58.1 Å². The van der Waals surface area contributed by atoms with Crippen LogP contribution < -0.4 is 25.4 Å². The standard InChI is InChI=1S/C22H34N4O3.HI/c1-3-23-22(25-13-12-24-21(27)17-9-10-17)26-15-16-8-11-19(20(14-16)28-2)29-18-6-4-5-7-18;/h8,11,14,17-18H,3-7,9-10,12-13,15H2,1-2H3,(H,24,27)(H2,23,25,26);1H. The van der Waals surface area contributed by atoms with E-state index in [-0.39, 0.29) is 35.8 Å². The average Bonchev–Trinajstić information content (AvgIpc) is 3.47. The van der Waals surface area contributed by atoms with Crippen molar-refractivity contribution in [1.29, 1.82) is 0 Å². The highest BCUT2D eigenvalue weighted by Crippen LogP contribution is 2.32. The summed E-state index contributed by atoms with van der Waals surface area (Å²) in [6.07, 6.45) is 7.07. The Morgan fingerprint density at radius 1 is 1.07 bits per heavy atom. The number of carbonyl (C=O) groups is 1. The Bertz CT molecular complexity index is 704. The fraction of sp³-hybridized carbons (Fsp3) is 0.636. The molecule has 0 unspecified atom stereocenters. The van der Waals surface area contributed by atoms with E-state index in [1.807, 2.05) is 25.1 Å². The molecule has 3 rings (SSSR count). The second-order valence-corrected chi connectivity index (χ2v) is 7.70. The van der Waals surface area contributed by atoms with E-state index in [0.717, 1.165) is 55.3 Å². The van der Waals surface area contributed by atoms with Crippen LogP contribution >= 0.6 is 24.0 Å². The Morgan fingerprint density at radius 2 is 1.80 bits per heavy atom. The number of nitrogens with zero attached hydrogens (tertiary/aromatic N) is 1. The predicted molar refractivity (Wildman–Crippen MR) is 130 cm³/mol. The SMILES string of the molecule is CCNC(=NCc1ccc(OC2CCCC2)c(OC)c1)NCCNC(=O)C1CC1.I. The number of amides is 1. The molecule has 0 bridgehead atoms. The summed E-state index contributed by atoms with van der Waals surface area (Å²) in [7, 11) is 1.67. The molecule has 8 heteroatoms. The Morgan fingerprint density at radius 3 is 2.47 bits per heavy atom. The number of rotatable bonds is 10. The van der Waals surface area contributed by atoms with Gasteiger partial charge in [-0.1, -0.05) is 6.07 Å². The molecule has 0 aromatic heterocycles. The molecule has 7 nitrogen and oxygen atoms in total. The van der Waals surface area contributed by atoms with Gasteiger partial charge in [0.1, 0.15) is 0 Å². The van der Waals surface area contributed by atoms with Gasteiger partial charge < -0.3 is 25.4 Å². The summed E-state index contributed by atoms with van der Waals surface area (Å²) >= 11 is 0. The number of nitrogens with one attached hydrogen (secondary N) is 3. The number of ether oxygens (including phenoxy) is 2. The summed E-state index contributed by atoms with van der Waals surface area (Å²) < 4.78 is 11.6. The van der Waals surface area contributed by atoms with Gasteiger partial charge in [-0.3, -0.25) is 4.79 Å². The smallest absolute Gasteiger partial charge is 0.223 e. The molecule has 0 aliphatic heterocycles. The van der Waals surface area contributed by atoms with Crippen molar-refractivity contribution in [2.75, 3.05) is 26.7 Å². The second-order valence-electron chi connectivity index (χ2n) is 7.70. The largest absolute Gasteiger partial charge is 0.493 e. The molecule has 2 saturated carbocycles. The highest BCUT2D eigenvalue weighted by atomic mass is 127. The van der Waals surface area contributed by atoms with Crippen molar-refractivity contribution >= 4 is 35.8 Å². The van der Waals surface area contributed by atoms with Crippen LogP contribution in [-0.2, 0) is 11.3 Å². The van der Waals surface area contributed by atoms with Crippen LogP contribution in [0.5, 0.6) is 11.5 Å². The van der Waals surface area contributed by atoms with Crippen LogP contribution in [0.3, 0.4) is 0 Å². The number of aliphatic imine (C=N–C) groups is 1. The molecule has 1 aromatic carbocycles. The number of methoxy groups -OCH3 is 1. The maximum Gasteiger partial charge on any atom is 0.223 e. The Labute approximate surface area is 196 Å². The fourth-order valence-electron chi connectivity index (χ4n) is 3.46.